The number of H-pyrrole nitrogens is 1. The highest BCUT2D eigenvalue weighted by atomic mass is 19.1. The summed E-state index contributed by atoms with van der Waals surface area (Å²) in [5.74, 6) is 1.11. The minimum absolute atomic E-state index is 0.192. The lowest BCUT2D eigenvalue weighted by Crippen LogP contribution is -2.25. The van der Waals surface area contributed by atoms with Gasteiger partial charge in [0.1, 0.15) is 17.4 Å². The number of fused-ring (bicyclic) bond motifs is 1. The van der Waals surface area contributed by atoms with Crippen molar-refractivity contribution in [2.45, 2.75) is 32.6 Å². The predicted molar refractivity (Wildman–Crippen MR) is 87.3 cm³/mol. The van der Waals surface area contributed by atoms with E-state index in [4.69, 9.17) is 4.52 Å². The van der Waals surface area contributed by atoms with Gasteiger partial charge in [0.2, 0.25) is 0 Å². The molecule has 0 atom stereocenters. The molecule has 126 valence electrons. The molecule has 0 aliphatic carbocycles. The second-order valence-electron chi connectivity index (χ2n) is 5.97. The van der Waals surface area contributed by atoms with Gasteiger partial charge in [-0.15, -0.1) is 0 Å². The highest BCUT2D eigenvalue weighted by Gasteiger charge is 2.14. The lowest BCUT2D eigenvalue weighted by atomic mass is 10.1. The number of carbonyl (C=O) groups is 1. The molecule has 0 spiro atoms. The normalized spacial score (nSPS) is 11.3. The van der Waals surface area contributed by atoms with E-state index in [0.717, 1.165) is 11.3 Å². The van der Waals surface area contributed by atoms with E-state index in [1.54, 1.807) is 12.1 Å². The zero-order valence-electron chi connectivity index (χ0n) is 13.6. The van der Waals surface area contributed by atoms with Crippen LogP contribution in [0.1, 0.15) is 48.3 Å². The van der Waals surface area contributed by atoms with E-state index < -0.39 is 0 Å². The Bertz CT molecular complexity index is 853. The van der Waals surface area contributed by atoms with Gasteiger partial charge < -0.3 is 14.8 Å². The predicted octanol–water partition coefficient (Wildman–Crippen LogP) is 3.18. The van der Waals surface area contributed by atoms with E-state index in [-0.39, 0.29) is 23.3 Å². The van der Waals surface area contributed by atoms with Crippen molar-refractivity contribution in [2.24, 2.45) is 0 Å². The molecule has 0 unspecified atom stereocenters. The summed E-state index contributed by atoms with van der Waals surface area (Å²) in [6.45, 7) is 4.44. The molecule has 0 aliphatic heterocycles. The maximum atomic E-state index is 13.1. The molecule has 1 amide bonds. The van der Waals surface area contributed by atoms with Gasteiger partial charge in [-0.05, 0) is 24.6 Å². The van der Waals surface area contributed by atoms with Crippen LogP contribution in [-0.4, -0.2) is 27.6 Å². The Morgan fingerprint density at radius 3 is 2.96 bits per heavy atom. The quantitative estimate of drug-likeness (QED) is 0.680. The summed E-state index contributed by atoms with van der Waals surface area (Å²) in [7, 11) is 0. The topological polar surface area (TPSA) is 83.8 Å². The zero-order valence-corrected chi connectivity index (χ0v) is 13.6. The fraction of sp³-hybridized carbons (Fsp3) is 0.353. The number of aryl methyl sites for hydroxylation is 1. The number of rotatable bonds is 6. The monoisotopic (exact) mass is 330 g/mol. The molecular formula is C17H19FN4O2. The number of amides is 1. The Morgan fingerprint density at radius 2 is 2.21 bits per heavy atom. The average molecular weight is 330 g/mol. The molecule has 0 aliphatic rings. The second kappa shape index (κ2) is 6.82. The van der Waals surface area contributed by atoms with Crippen LogP contribution in [0.5, 0.6) is 0 Å². The Hall–Kier alpha value is -2.70. The van der Waals surface area contributed by atoms with Crippen LogP contribution in [-0.2, 0) is 6.42 Å². The lowest BCUT2D eigenvalue weighted by Gasteiger charge is -2.01. The number of aromatic amines is 1. The van der Waals surface area contributed by atoms with Crippen LogP contribution in [0.2, 0.25) is 0 Å². The van der Waals surface area contributed by atoms with Gasteiger partial charge in [-0.3, -0.25) is 4.79 Å². The Balaban J connectivity index is 1.49. The highest BCUT2D eigenvalue weighted by molar-refractivity contribution is 5.92. The molecule has 2 N–H and O–H groups in total. The van der Waals surface area contributed by atoms with Crippen molar-refractivity contribution in [1.29, 1.82) is 0 Å². The first-order valence-electron chi connectivity index (χ1n) is 7.92. The Labute approximate surface area is 138 Å². The summed E-state index contributed by atoms with van der Waals surface area (Å²) in [4.78, 5) is 19.4. The molecule has 1 aromatic carbocycles. The number of hydrogen-bond acceptors (Lipinski definition) is 4. The summed E-state index contributed by atoms with van der Waals surface area (Å²) in [5, 5.41) is 6.57. The van der Waals surface area contributed by atoms with Gasteiger partial charge in [-0.2, -0.15) is 0 Å². The average Bonchev–Trinajstić information content (AvgIpc) is 3.17. The van der Waals surface area contributed by atoms with Crippen molar-refractivity contribution in [3.63, 3.8) is 0 Å². The number of benzene rings is 1. The number of halogens is 1. The smallest absolute Gasteiger partial charge is 0.273 e. The summed E-state index contributed by atoms with van der Waals surface area (Å²) >= 11 is 0. The number of aromatic nitrogens is 3. The maximum Gasteiger partial charge on any atom is 0.273 e. The first-order chi connectivity index (χ1) is 11.5. The van der Waals surface area contributed by atoms with Crippen molar-refractivity contribution in [1.82, 2.24) is 20.4 Å². The van der Waals surface area contributed by atoms with Crippen molar-refractivity contribution in [3.8, 4) is 0 Å². The third-order valence-corrected chi connectivity index (χ3v) is 3.70. The molecule has 3 rings (SSSR count). The fourth-order valence-electron chi connectivity index (χ4n) is 2.37. The van der Waals surface area contributed by atoms with Gasteiger partial charge in [0.15, 0.2) is 5.69 Å². The SMILES string of the molecule is CC(C)c1cc(C(=O)NCCCc2nc3ccc(F)cc3[nH]2)no1. The van der Waals surface area contributed by atoms with Gasteiger partial charge in [0.05, 0.1) is 11.0 Å². The molecule has 0 bridgehead atoms. The lowest BCUT2D eigenvalue weighted by molar-refractivity contribution is 0.0944. The van der Waals surface area contributed by atoms with Gasteiger partial charge in [-0.25, -0.2) is 9.37 Å². The standard InChI is InChI=1S/C17H19FN4O2/c1-10(2)15-9-14(22-24-15)17(23)19-7-3-4-16-20-12-6-5-11(18)8-13(12)21-16/h5-6,8-10H,3-4,7H2,1-2H3,(H,19,23)(H,20,21). The van der Waals surface area contributed by atoms with Crippen molar-refractivity contribution >= 4 is 16.9 Å². The summed E-state index contributed by atoms with van der Waals surface area (Å²) in [6, 6.07) is 6.11. The molecule has 7 heteroatoms. The fourth-order valence-corrected chi connectivity index (χ4v) is 2.37. The van der Waals surface area contributed by atoms with E-state index in [1.165, 1.54) is 12.1 Å². The summed E-state index contributed by atoms with van der Waals surface area (Å²) in [5.41, 5.74) is 1.70. The molecule has 24 heavy (non-hydrogen) atoms. The van der Waals surface area contributed by atoms with Crippen molar-refractivity contribution in [2.75, 3.05) is 6.54 Å². The van der Waals surface area contributed by atoms with Crippen molar-refractivity contribution in [3.05, 3.63) is 47.4 Å². The molecule has 2 heterocycles. The van der Waals surface area contributed by atoms with E-state index in [9.17, 15) is 9.18 Å². The number of hydrogen-bond donors (Lipinski definition) is 2. The number of carbonyl (C=O) groups excluding carboxylic acids is 1. The van der Waals surface area contributed by atoms with Gasteiger partial charge in [-0.1, -0.05) is 19.0 Å². The van der Waals surface area contributed by atoms with E-state index in [1.807, 2.05) is 13.8 Å². The van der Waals surface area contributed by atoms with Gasteiger partial charge in [0.25, 0.3) is 5.91 Å². The summed E-state index contributed by atoms with van der Waals surface area (Å²) < 4.78 is 18.3. The Morgan fingerprint density at radius 1 is 1.38 bits per heavy atom. The van der Waals surface area contributed by atoms with Crippen LogP contribution in [0.15, 0.2) is 28.8 Å². The third kappa shape index (κ3) is 3.61. The first-order valence-corrected chi connectivity index (χ1v) is 7.92. The minimum Gasteiger partial charge on any atom is -0.360 e. The van der Waals surface area contributed by atoms with E-state index in [0.29, 0.717) is 30.7 Å². The molecule has 0 radical (unpaired) electrons. The van der Waals surface area contributed by atoms with Crippen LogP contribution in [0.3, 0.4) is 0 Å². The van der Waals surface area contributed by atoms with Gasteiger partial charge >= 0.3 is 0 Å². The van der Waals surface area contributed by atoms with Gasteiger partial charge in [0, 0.05) is 24.9 Å². The summed E-state index contributed by atoms with van der Waals surface area (Å²) in [6.07, 6.45) is 1.37. The van der Waals surface area contributed by atoms with Crippen LogP contribution >= 0.6 is 0 Å². The molecule has 3 aromatic rings. The Kier molecular flexibility index (Phi) is 4.59. The van der Waals surface area contributed by atoms with E-state index in [2.05, 4.69) is 20.4 Å². The van der Waals surface area contributed by atoms with Crippen LogP contribution in [0, 0.1) is 5.82 Å². The number of nitrogens with zero attached hydrogens (tertiary/aromatic N) is 2. The third-order valence-electron chi connectivity index (χ3n) is 3.70. The highest BCUT2D eigenvalue weighted by Crippen LogP contribution is 2.15. The van der Waals surface area contributed by atoms with Crippen LogP contribution < -0.4 is 5.32 Å². The van der Waals surface area contributed by atoms with Crippen LogP contribution in [0.4, 0.5) is 4.39 Å². The number of imidazole rings is 1. The largest absolute Gasteiger partial charge is 0.360 e. The minimum atomic E-state index is -0.293. The number of nitrogens with one attached hydrogen (secondary N) is 2. The molecular weight excluding hydrogens is 311 g/mol. The molecule has 0 saturated heterocycles. The maximum absolute atomic E-state index is 13.1. The first kappa shape index (κ1) is 16.2. The van der Waals surface area contributed by atoms with Crippen LogP contribution in [0.25, 0.3) is 11.0 Å². The zero-order chi connectivity index (χ0) is 17.1. The van der Waals surface area contributed by atoms with Crippen molar-refractivity contribution < 1.29 is 13.7 Å². The van der Waals surface area contributed by atoms with E-state index >= 15 is 0 Å². The second-order valence-corrected chi connectivity index (χ2v) is 5.97. The molecule has 2 aromatic heterocycles. The molecule has 0 fully saturated rings. The molecule has 0 saturated carbocycles. The molecule has 6 nitrogen and oxygen atoms in total.